The Labute approximate surface area is 146 Å². The van der Waals surface area contributed by atoms with E-state index in [9.17, 15) is 19.2 Å². The Morgan fingerprint density at radius 3 is 1.80 bits per heavy atom. The third-order valence-corrected chi connectivity index (χ3v) is 3.40. The van der Waals surface area contributed by atoms with E-state index >= 15 is 0 Å². The monoisotopic (exact) mass is 363 g/mol. The number of nitrogens with one attached hydrogen (secondary N) is 1. The summed E-state index contributed by atoms with van der Waals surface area (Å²) >= 11 is 0. The van der Waals surface area contributed by atoms with E-state index in [1.54, 1.807) is 0 Å². The summed E-state index contributed by atoms with van der Waals surface area (Å²) in [6.45, 7) is 1.59. The number of carbonyl (C=O) groups excluding carboxylic acids is 4. The van der Waals surface area contributed by atoms with Gasteiger partial charge in [-0.05, 0) is 0 Å². The molecule has 0 aliphatic rings. The summed E-state index contributed by atoms with van der Waals surface area (Å²) < 4.78 is 23.6. The molecule has 0 saturated heterocycles. The van der Waals surface area contributed by atoms with E-state index in [-0.39, 0.29) is 13.2 Å². The average Bonchev–Trinajstić information content (AvgIpc) is 2.62. The van der Waals surface area contributed by atoms with E-state index < -0.39 is 41.7 Å². The molecule has 0 saturated carbocycles. The van der Waals surface area contributed by atoms with Crippen molar-refractivity contribution in [1.29, 1.82) is 0 Å². The van der Waals surface area contributed by atoms with Gasteiger partial charge in [-0.3, -0.25) is 14.4 Å². The highest BCUT2D eigenvalue weighted by Crippen LogP contribution is 2.20. The molecule has 0 heterocycles. The number of carbonyl (C=O) groups is 4. The average molecular weight is 363 g/mol. The maximum absolute atomic E-state index is 12.0. The largest absolute Gasteiger partial charge is 0.468 e. The third kappa shape index (κ3) is 7.48. The van der Waals surface area contributed by atoms with Crippen LogP contribution < -0.4 is 5.32 Å². The van der Waals surface area contributed by atoms with Gasteiger partial charge in [-0.15, -0.1) is 0 Å². The van der Waals surface area contributed by atoms with Gasteiger partial charge in [-0.1, -0.05) is 6.92 Å². The zero-order valence-electron chi connectivity index (χ0n) is 15.0. The fourth-order valence-electron chi connectivity index (χ4n) is 2.03. The second-order valence-electron chi connectivity index (χ2n) is 5.00. The van der Waals surface area contributed by atoms with Gasteiger partial charge in [0.2, 0.25) is 5.91 Å². The molecule has 0 aromatic heterocycles. The zero-order chi connectivity index (χ0) is 19.4. The van der Waals surface area contributed by atoms with Crippen LogP contribution in [0.2, 0.25) is 0 Å². The number of ether oxygens (including phenoxy) is 5. The molecule has 0 aromatic carbocycles. The molecule has 1 N–H and O–H groups in total. The highest BCUT2D eigenvalue weighted by molar-refractivity contribution is 5.96. The van der Waals surface area contributed by atoms with E-state index in [0.29, 0.717) is 6.61 Å². The maximum Gasteiger partial charge on any atom is 0.328 e. The summed E-state index contributed by atoms with van der Waals surface area (Å²) in [6, 6.07) is -1.27. The Kier molecular flexibility index (Phi) is 11.1. The van der Waals surface area contributed by atoms with Crippen molar-refractivity contribution in [2.45, 2.75) is 13.0 Å². The maximum atomic E-state index is 12.0. The van der Waals surface area contributed by atoms with Crippen molar-refractivity contribution in [1.82, 2.24) is 5.32 Å². The van der Waals surface area contributed by atoms with Crippen molar-refractivity contribution < 1.29 is 42.9 Å². The van der Waals surface area contributed by atoms with Gasteiger partial charge in [0.05, 0.1) is 34.5 Å². The molecule has 0 bridgehead atoms. The van der Waals surface area contributed by atoms with Crippen LogP contribution in [-0.4, -0.2) is 78.1 Å². The van der Waals surface area contributed by atoms with Crippen LogP contribution in [0.25, 0.3) is 0 Å². The fourth-order valence-corrected chi connectivity index (χ4v) is 2.03. The van der Waals surface area contributed by atoms with Gasteiger partial charge in [0.1, 0.15) is 12.6 Å². The number of esters is 3. The van der Waals surface area contributed by atoms with E-state index in [2.05, 4.69) is 19.5 Å². The van der Waals surface area contributed by atoms with Crippen LogP contribution in [0.3, 0.4) is 0 Å². The van der Waals surface area contributed by atoms with Crippen LogP contribution in [-0.2, 0) is 42.9 Å². The number of amides is 1. The molecule has 0 aliphatic heterocycles. The molecule has 2 atom stereocenters. The normalized spacial score (nSPS) is 12.9. The molecule has 144 valence electrons. The topological polar surface area (TPSA) is 126 Å². The first-order valence-electron chi connectivity index (χ1n) is 7.43. The van der Waals surface area contributed by atoms with Crippen molar-refractivity contribution >= 4 is 23.8 Å². The first-order valence-corrected chi connectivity index (χ1v) is 7.43. The standard InChI is InChI=1S/C15H25NO9/c1-9(11(13(18)22-3)14(19)23-4)12(15(20)24-5)16-10(17)8-25-7-6-21-2/h9,11-12H,6-8H2,1-5H3,(H,16,17)/t9-,12-/m0/s1. The molecule has 1 amide bonds. The zero-order valence-corrected chi connectivity index (χ0v) is 15.0. The molecule has 0 fully saturated rings. The predicted octanol–water partition coefficient (Wildman–Crippen LogP) is -1.09. The van der Waals surface area contributed by atoms with Crippen molar-refractivity contribution in [2.24, 2.45) is 11.8 Å². The van der Waals surface area contributed by atoms with Gasteiger partial charge in [-0.25, -0.2) is 4.79 Å². The summed E-state index contributed by atoms with van der Waals surface area (Å²) in [4.78, 5) is 47.7. The molecule has 0 radical (unpaired) electrons. The van der Waals surface area contributed by atoms with Crippen molar-refractivity contribution in [3.05, 3.63) is 0 Å². The van der Waals surface area contributed by atoms with Crippen LogP contribution in [0.15, 0.2) is 0 Å². The van der Waals surface area contributed by atoms with Crippen molar-refractivity contribution in [3.8, 4) is 0 Å². The molecule has 0 aliphatic carbocycles. The van der Waals surface area contributed by atoms with Crippen LogP contribution >= 0.6 is 0 Å². The van der Waals surface area contributed by atoms with Gasteiger partial charge >= 0.3 is 17.9 Å². The minimum absolute atomic E-state index is 0.190. The molecular weight excluding hydrogens is 338 g/mol. The van der Waals surface area contributed by atoms with E-state index in [4.69, 9.17) is 9.47 Å². The molecule has 0 unspecified atom stereocenters. The lowest BCUT2D eigenvalue weighted by Gasteiger charge is -2.27. The Bertz CT molecular complexity index is 450. The summed E-state index contributed by atoms with van der Waals surface area (Å²) in [6.07, 6.45) is 0. The first-order chi connectivity index (χ1) is 11.8. The third-order valence-electron chi connectivity index (χ3n) is 3.40. The van der Waals surface area contributed by atoms with Crippen LogP contribution in [0.4, 0.5) is 0 Å². The summed E-state index contributed by atoms with van der Waals surface area (Å²) in [7, 11) is 4.80. The lowest BCUT2D eigenvalue weighted by atomic mass is 9.87. The Hall–Kier alpha value is -2.20. The van der Waals surface area contributed by atoms with Crippen LogP contribution in [0.1, 0.15) is 6.92 Å². The Morgan fingerprint density at radius 1 is 0.840 bits per heavy atom. The SMILES string of the molecule is COCCOCC(=O)N[C@H](C(=O)OC)[C@@H](C)C(C(=O)OC)C(=O)OC. The minimum Gasteiger partial charge on any atom is -0.468 e. The predicted molar refractivity (Wildman–Crippen MR) is 83.3 cm³/mol. The molecule has 10 nitrogen and oxygen atoms in total. The number of rotatable bonds is 11. The summed E-state index contributed by atoms with van der Waals surface area (Å²) in [5.74, 6) is -5.61. The van der Waals surface area contributed by atoms with Gasteiger partial charge < -0.3 is 29.0 Å². The number of hydrogen-bond acceptors (Lipinski definition) is 9. The summed E-state index contributed by atoms with van der Waals surface area (Å²) in [5, 5.41) is 2.39. The molecule has 25 heavy (non-hydrogen) atoms. The van der Waals surface area contributed by atoms with Crippen LogP contribution in [0, 0.1) is 11.8 Å². The molecule has 10 heteroatoms. The highest BCUT2D eigenvalue weighted by atomic mass is 16.5. The highest BCUT2D eigenvalue weighted by Gasteiger charge is 2.42. The fraction of sp³-hybridized carbons (Fsp3) is 0.733. The number of hydrogen-bond donors (Lipinski definition) is 1. The molecular formula is C15H25NO9. The van der Waals surface area contributed by atoms with Gasteiger partial charge in [-0.2, -0.15) is 0 Å². The second kappa shape index (κ2) is 12.2. The summed E-state index contributed by atoms with van der Waals surface area (Å²) in [5.41, 5.74) is 0. The van der Waals surface area contributed by atoms with Gasteiger partial charge in [0, 0.05) is 13.0 Å². The minimum atomic E-state index is -1.41. The lowest BCUT2D eigenvalue weighted by Crippen LogP contribution is -2.51. The van der Waals surface area contributed by atoms with E-state index in [0.717, 1.165) is 21.3 Å². The molecule has 0 rings (SSSR count). The lowest BCUT2D eigenvalue weighted by molar-refractivity contribution is -0.163. The van der Waals surface area contributed by atoms with E-state index in [1.807, 2.05) is 0 Å². The van der Waals surface area contributed by atoms with Crippen LogP contribution in [0.5, 0.6) is 0 Å². The smallest absolute Gasteiger partial charge is 0.328 e. The second-order valence-corrected chi connectivity index (χ2v) is 5.00. The Balaban J connectivity index is 5.15. The quantitative estimate of drug-likeness (QED) is 0.211. The van der Waals surface area contributed by atoms with Gasteiger partial charge in [0.15, 0.2) is 5.92 Å². The molecule has 0 aromatic rings. The Morgan fingerprint density at radius 2 is 1.36 bits per heavy atom. The van der Waals surface area contributed by atoms with Crippen molar-refractivity contribution in [3.63, 3.8) is 0 Å². The first kappa shape index (κ1) is 22.8. The molecule has 0 spiro atoms. The van der Waals surface area contributed by atoms with Crippen molar-refractivity contribution in [2.75, 3.05) is 48.3 Å². The number of methoxy groups -OCH3 is 4. The van der Waals surface area contributed by atoms with Gasteiger partial charge in [0.25, 0.3) is 0 Å². The van der Waals surface area contributed by atoms with E-state index in [1.165, 1.54) is 14.0 Å².